The number of β-amino-alcohol motifs (C(OH)–C–C–N with tert-alkyl or cyclic N) is 1. The van der Waals surface area contributed by atoms with E-state index in [1.165, 1.54) is 25.7 Å². The summed E-state index contributed by atoms with van der Waals surface area (Å²) in [6, 6.07) is 3.59. The van der Waals surface area contributed by atoms with E-state index in [0.717, 1.165) is 57.6 Å². The summed E-state index contributed by atoms with van der Waals surface area (Å²) in [7, 11) is 0. The molecule has 24 heavy (non-hydrogen) atoms. The van der Waals surface area contributed by atoms with Crippen LogP contribution in [0.5, 0.6) is 0 Å². The molecule has 2 heterocycles. The van der Waals surface area contributed by atoms with Crippen molar-refractivity contribution in [2.45, 2.75) is 69.4 Å². The maximum absolute atomic E-state index is 12.1. The van der Waals surface area contributed by atoms with Gasteiger partial charge in [0.15, 0.2) is 0 Å². The maximum Gasteiger partial charge on any atom is 0.266 e. The molecule has 1 N–H and O–H groups in total. The van der Waals surface area contributed by atoms with Gasteiger partial charge in [0.05, 0.1) is 11.3 Å². The molecule has 0 unspecified atom stereocenters. The first-order valence-electron chi connectivity index (χ1n) is 9.64. The zero-order valence-electron chi connectivity index (χ0n) is 14.5. The lowest BCUT2D eigenvalue weighted by Crippen LogP contribution is -2.45. The molecule has 0 atom stereocenters. The largest absolute Gasteiger partial charge is 0.389 e. The van der Waals surface area contributed by atoms with Gasteiger partial charge in [-0.2, -0.15) is 5.10 Å². The van der Waals surface area contributed by atoms with E-state index in [9.17, 15) is 9.90 Å². The van der Waals surface area contributed by atoms with Crippen LogP contribution in [0, 0.1) is 5.92 Å². The smallest absolute Gasteiger partial charge is 0.266 e. The van der Waals surface area contributed by atoms with Gasteiger partial charge in [-0.05, 0) is 63.6 Å². The minimum Gasteiger partial charge on any atom is -0.389 e. The zero-order valence-corrected chi connectivity index (χ0v) is 14.5. The molecule has 5 heteroatoms. The minimum absolute atomic E-state index is 0.0297. The zero-order chi connectivity index (χ0) is 16.6. The predicted molar refractivity (Wildman–Crippen MR) is 93.1 cm³/mol. The van der Waals surface area contributed by atoms with Crippen molar-refractivity contribution in [2.75, 3.05) is 19.6 Å². The third-order valence-corrected chi connectivity index (χ3v) is 6.07. The Morgan fingerprint density at radius 2 is 1.83 bits per heavy atom. The third-order valence-electron chi connectivity index (χ3n) is 6.07. The van der Waals surface area contributed by atoms with Gasteiger partial charge in [-0.25, -0.2) is 4.68 Å². The first-order chi connectivity index (χ1) is 11.6. The fraction of sp³-hybridized carbons (Fsp3) is 0.789. The Bertz CT molecular complexity index is 624. The number of aliphatic hydroxyl groups is 1. The fourth-order valence-electron chi connectivity index (χ4n) is 4.37. The lowest BCUT2D eigenvalue weighted by molar-refractivity contribution is -0.000793. The van der Waals surface area contributed by atoms with Crippen molar-refractivity contribution in [1.82, 2.24) is 14.7 Å². The average molecular weight is 331 g/mol. The number of rotatable bonds is 5. The normalized spacial score (nSPS) is 25.2. The van der Waals surface area contributed by atoms with Gasteiger partial charge in [0.1, 0.15) is 0 Å². The summed E-state index contributed by atoms with van der Waals surface area (Å²) in [5, 5.41) is 15.2. The Morgan fingerprint density at radius 1 is 1.12 bits per heavy atom. The molecule has 1 aromatic rings. The summed E-state index contributed by atoms with van der Waals surface area (Å²) in [5.74, 6) is 1.12. The molecule has 2 aliphatic carbocycles. The molecular formula is C19H29N3O2. The van der Waals surface area contributed by atoms with E-state index in [-0.39, 0.29) is 5.56 Å². The highest BCUT2D eigenvalue weighted by Gasteiger charge is 2.34. The molecule has 1 aromatic heterocycles. The summed E-state index contributed by atoms with van der Waals surface area (Å²) in [6.45, 7) is 3.64. The van der Waals surface area contributed by atoms with Crippen LogP contribution in [0.15, 0.2) is 16.9 Å². The van der Waals surface area contributed by atoms with Crippen LogP contribution in [0.1, 0.15) is 63.0 Å². The van der Waals surface area contributed by atoms with Crippen molar-refractivity contribution in [2.24, 2.45) is 5.92 Å². The average Bonchev–Trinajstić information content (AvgIpc) is 3.34. The van der Waals surface area contributed by atoms with Gasteiger partial charge in [-0.1, -0.05) is 12.8 Å². The van der Waals surface area contributed by atoms with Gasteiger partial charge in [-0.3, -0.25) is 4.79 Å². The second-order valence-electron chi connectivity index (χ2n) is 8.20. The number of hydrogen-bond acceptors (Lipinski definition) is 4. The molecule has 1 saturated heterocycles. The van der Waals surface area contributed by atoms with Crippen LogP contribution in [0.25, 0.3) is 0 Å². The topological polar surface area (TPSA) is 58.4 Å². The number of likely N-dealkylation sites (tertiary alicyclic amines) is 1. The van der Waals surface area contributed by atoms with Crippen LogP contribution in [-0.4, -0.2) is 45.0 Å². The standard InChI is InChI=1S/C19H29N3O2/c23-18-6-5-17(16-3-4-16)20-22(18)13-15-7-11-21(12-8-15)14-19(24)9-1-2-10-19/h5-6,15-16,24H,1-4,7-14H2. The van der Waals surface area contributed by atoms with Crippen LogP contribution < -0.4 is 5.56 Å². The number of piperidine rings is 1. The van der Waals surface area contributed by atoms with Crippen molar-refractivity contribution in [3.05, 3.63) is 28.2 Å². The minimum atomic E-state index is -0.441. The predicted octanol–water partition coefficient (Wildman–Crippen LogP) is 2.14. The van der Waals surface area contributed by atoms with Gasteiger partial charge in [0, 0.05) is 25.1 Å². The van der Waals surface area contributed by atoms with E-state index in [1.54, 1.807) is 10.7 Å². The number of aromatic nitrogens is 2. The first-order valence-corrected chi connectivity index (χ1v) is 9.64. The van der Waals surface area contributed by atoms with Gasteiger partial charge in [0.2, 0.25) is 0 Å². The van der Waals surface area contributed by atoms with Gasteiger partial charge < -0.3 is 10.0 Å². The van der Waals surface area contributed by atoms with Gasteiger partial charge >= 0.3 is 0 Å². The summed E-state index contributed by atoms with van der Waals surface area (Å²) < 4.78 is 1.69. The lowest BCUT2D eigenvalue weighted by atomic mass is 9.94. The molecular weight excluding hydrogens is 302 g/mol. The summed E-state index contributed by atoms with van der Waals surface area (Å²) in [5.41, 5.74) is 0.682. The maximum atomic E-state index is 12.1. The quantitative estimate of drug-likeness (QED) is 0.898. The van der Waals surface area contributed by atoms with E-state index in [1.807, 2.05) is 6.07 Å². The second kappa shape index (κ2) is 6.60. The van der Waals surface area contributed by atoms with E-state index in [2.05, 4.69) is 10.00 Å². The van der Waals surface area contributed by atoms with Crippen LogP contribution in [0.4, 0.5) is 0 Å². The van der Waals surface area contributed by atoms with Crippen LogP contribution >= 0.6 is 0 Å². The molecule has 0 bridgehead atoms. The molecule has 2 saturated carbocycles. The van der Waals surface area contributed by atoms with Crippen molar-refractivity contribution >= 4 is 0 Å². The van der Waals surface area contributed by atoms with Gasteiger partial charge in [0.25, 0.3) is 5.56 Å². The van der Waals surface area contributed by atoms with Crippen molar-refractivity contribution in [1.29, 1.82) is 0 Å². The van der Waals surface area contributed by atoms with E-state index >= 15 is 0 Å². The molecule has 3 aliphatic rings. The highest BCUT2D eigenvalue weighted by Crippen LogP contribution is 2.38. The van der Waals surface area contributed by atoms with E-state index in [0.29, 0.717) is 11.8 Å². The van der Waals surface area contributed by atoms with Crippen molar-refractivity contribution in [3.63, 3.8) is 0 Å². The van der Waals surface area contributed by atoms with E-state index < -0.39 is 5.60 Å². The highest BCUT2D eigenvalue weighted by molar-refractivity contribution is 5.12. The molecule has 0 spiro atoms. The summed E-state index contributed by atoms with van der Waals surface area (Å²) in [6.07, 6.45) is 8.87. The molecule has 1 aliphatic heterocycles. The van der Waals surface area contributed by atoms with Crippen LogP contribution in [0.2, 0.25) is 0 Å². The number of hydrogen-bond donors (Lipinski definition) is 1. The van der Waals surface area contributed by atoms with Gasteiger partial charge in [-0.15, -0.1) is 0 Å². The molecule has 0 radical (unpaired) electrons. The fourth-order valence-corrected chi connectivity index (χ4v) is 4.37. The molecule has 0 aromatic carbocycles. The van der Waals surface area contributed by atoms with Crippen molar-refractivity contribution < 1.29 is 5.11 Å². The number of nitrogens with zero attached hydrogens (tertiary/aromatic N) is 3. The Kier molecular flexibility index (Phi) is 4.48. The summed E-state index contributed by atoms with van der Waals surface area (Å²) in [4.78, 5) is 14.5. The molecule has 5 nitrogen and oxygen atoms in total. The first kappa shape index (κ1) is 16.3. The van der Waals surface area contributed by atoms with Crippen LogP contribution in [0.3, 0.4) is 0 Å². The summed E-state index contributed by atoms with van der Waals surface area (Å²) >= 11 is 0. The Labute approximate surface area is 143 Å². The highest BCUT2D eigenvalue weighted by atomic mass is 16.3. The molecule has 4 rings (SSSR count). The second-order valence-corrected chi connectivity index (χ2v) is 8.20. The molecule has 132 valence electrons. The van der Waals surface area contributed by atoms with Crippen molar-refractivity contribution in [3.8, 4) is 0 Å². The SMILES string of the molecule is O=c1ccc(C2CC2)nn1CC1CCN(CC2(O)CCCC2)CC1. The lowest BCUT2D eigenvalue weighted by Gasteiger charge is -2.36. The Morgan fingerprint density at radius 3 is 2.50 bits per heavy atom. The van der Waals surface area contributed by atoms with Crippen LogP contribution in [-0.2, 0) is 6.54 Å². The monoisotopic (exact) mass is 331 g/mol. The Balaban J connectivity index is 1.31. The molecule has 3 fully saturated rings. The Hall–Kier alpha value is -1.20. The third kappa shape index (κ3) is 3.72. The molecule has 0 amide bonds. The van der Waals surface area contributed by atoms with E-state index in [4.69, 9.17) is 0 Å².